The van der Waals surface area contributed by atoms with Crippen LogP contribution < -0.4 is 10.6 Å². The molecule has 1 amide bonds. The number of piperidine rings is 1. The van der Waals surface area contributed by atoms with Crippen molar-refractivity contribution >= 4 is 18.3 Å². The number of hydrogen-bond acceptors (Lipinski definition) is 2. The second-order valence-electron chi connectivity index (χ2n) is 5.87. The van der Waals surface area contributed by atoms with E-state index in [1.165, 1.54) is 32.1 Å². The second kappa shape index (κ2) is 8.00. The van der Waals surface area contributed by atoms with Crippen molar-refractivity contribution in [2.24, 2.45) is 17.8 Å². The number of amides is 1. The summed E-state index contributed by atoms with van der Waals surface area (Å²) in [5.74, 6) is 2.38. The lowest BCUT2D eigenvalue weighted by atomic mass is 9.85. The van der Waals surface area contributed by atoms with Gasteiger partial charge in [0.05, 0.1) is 0 Å². The minimum Gasteiger partial charge on any atom is -0.356 e. The van der Waals surface area contributed by atoms with Gasteiger partial charge in [-0.15, -0.1) is 12.4 Å². The number of carbonyl (C=O) groups is 1. The molecule has 2 fully saturated rings. The summed E-state index contributed by atoms with van der Waals surface area (Å²) in [7, 11) is 0. The molecule has 1 aliphatic heterocycles. The van der Waals surface area contributed by atoms with E-state index in [0.717, 1.165) is 25.6 Å². The van der Waals surface area contributed by atoms with Gasteiger partial charge >= 0.3 is 0 Å². The van der Waals surface area contributed by atoms with Crippen LogP contribution in [0.25, 0.3) is 0 Å². The van der Waals surface area contributed by atoms with Gasteiger partial charge in [0.15, 0.2) is 0 Å². The van der Waals surface area contributed by atoms with Gasteiger partial charge in [0.1, 0.15) is 0 Å². The van der Waals surface area contributed by atoms with E-state index in [4.69, 9.17) is 0 Å². The molecule has 18 heavy (non-hydrogen) atoms. The van der Waals surface area contributed by atoms with E-state index in [9.17, 15) is 4.79 Å². The predicted octanol–water partition coefficient (Wildman–Crippen LogP) is 2.35. The van der Waals surface area contributed by atoms with Crippen molar-refractivity contribution in [3.8, 4) is 0 Å². The fourth-order valence-corrected chi connectivity index (χ4v) is 2.72. The normalized spacial score (nSPS) is 25.1. The van der Waals surface area contributed by atoms with Crippen LogP contribution in [0.3, 0.4) is 0 Å². The third-order valence-corrected chi connectivity index (χ3v) is 4.22. The fourth-order valence-electron chi connectivity index (χ4n) is 2.72. The quantitative estimate of drug-likeness (QED) is 0.781. The zero-order chi connectivity index (χ0) is 12.1. The molecular formula is C14H27ClN2O. The first kappa shape index (κ1) is 15.8. The Hall–Kier alpha value is -0.280. The first-order valence-corrected chi connectivity index (χ1v) is 7.23. The molecule has 0 aromatic carbocycles. The number of hydrogen-bond donors (Lipinski definition) is 2. The fraction of sp³-hybridized carbons (Fsp3) is 0.929. The van der Waals surface area contributed by atoms with Crippen molar-refractivity contribution in [3.63, 3.8) is 0 Å². The molecule has 1 saturated heterocycles. The molecule has 2 unspecified atom stereocenters. The van der Waals surface area contributed by atoms with Crippen LogP contribution >= 0.6 is 12.4 Å². The van der Waals surface area contributed by atoms with Crippen molar-refractivity contribution in [1.82, 2.24) is 10.6 Å². The molecule has 0 aromatic heterocycles. The Kier molecular flexibility index (Phi) is 7.02. The molecule has 1 heterocycles. The minimum atomic E-state index is 0. The lowest BCUT2D eigenvalue weighted by Crippen LogP contribution is -2.35. The minimum absolute atomic E-state index is 0. The van der Waals surface area contributed by atoms with Gasteiger partial charge in [-0.3, -0.25) is 4.79 Å². The molecule has 2 rings (SSSR count). The highest BCUT2D eigenvalue weighted by Crippen LogP contribution is 2.31. The SMILES string of the molecule is CC(CC(=O)NCCC1CC1)C1CCCNC1.Cl. The van der Waals surface area contributed by atoms with Gasteiger partial charge in [0, 0.05) is 13.0 Å². The standard InChI is InChI=1S/C14H26N2O.ClH/c1-11(13-3-2-7-15-10-13)9-14(17)16-8-6-12-4-5-12;/h11-13,15H,2-10H2,1H3,(H,16,17);1H. The topological polar surface area (TPSA) is 41.1 Å². The zero-order valence-corrected chi connectivity index (χ0v) is 12.2. The van der Waals surface area contributed by atoms with Crippen LogP contribution in [-0.4, -0.2) is 25.5 Å². The van der Waals surface area contributed by atoms with E-state index >= 15 is 0 Å². The number of rotatable bonds is 6. The van der Waals surface area contributed by atoms with Crippen LogP contribution in [0, 0.1) is 17.8 Å². The van der Waals surface area contributed by atoms with E-state index in [1.54, 1.807) is 0 Å². The maximum Gasteiger partial charge on any atom is 0.220 e. The van der Waals surface area contributed by atoms with Crippen molar-refractivity contribution in [2.45, 2.75) is 45.4 Å². The molecule has 2 N–H and O–H groups in total. The van der Waals surface area contributed by atoms with Gasteiger partial charge in [0.25, 0.3) is 0 Å². The summed E-state index contributed by atoms with van der Waals surface area (Å²) < 4.78 is 0. The van der Waals surface area contributed by atoms with E-state index in [0.29, 0.717) is 18.3 Å². The third-order valence-electron chi connectivity index (χ3n) is 4.22. The Bertz CT molecular complexity index is 250. The molecule has 0 spiro atoms. The van der Waals surface area contributed by atoms with Crippen molar-refractivity contribution in [2.75, 3.05) is 19.6 Å². The maximum absolute atomic E-state index is 11.8. The Balaban J connectivity index is 0.00000162. The lowest BCUT2D eigenvalue weighted by molar-refractivity contribution is -0.122. The van der Waals surface area contributed by atoms with Crippen LogP contribution in [0.2, 0.25) is 0 Å². The Labute approximate surface area is 117 Å². The van der Waals surface area contributed by atoms with Crippen LogP contribution in [0.4, 0.5) is 0 Å². The first-order valence-electron chi connectivity index (χ1n) is 7.23. The summed E-state index contributed by atoms with van der Waals surface area (Å²) in [6, 6.07) is 0. The van der Waals surface area contributed by atoms with Gasteiger partial charge < -0.3 is 10.6 Å². The van der Waals surface area contributed by atoms with Gasteiger partial charge in [-0.2, -0.15) is 0 Å². The zero-order valence-electron chi connectivity index (χ0n) is 11.4. The van der Waals surface area contributed by atoms with Crippen LogP contribution in [0.5, 0.6) is 0 Å². The number of nitrogens with one attached hydrogen (secondary N) is 2. The monoisotopic (exact) mass is 274 g/mol. The van der Waals surface area contributed by atoms with E-state index in [2.05, 4.69) is 17.6 Å². The van der Waals surface area contributed by atoms with E-state index in [-0.39, 0.29) is 18.3 Å². The highest BCUT2D eigenvalue weighted by atomic mass is 35.5. The first-order chi connectivity index (χ1) is 8.25. The Morgan fingerprint density at radius 1 is 1.39 bits per heavy atom. The number of carbonyl (C=O) groups excluding carboxylic acids is 1. The lowest BCUT2D eigenvalue weighted by Gasteiger charge is -2.28. The van der Waals surface area contributed by atoms with E-state index < -0.39 is 0 Å². The molecule has 1 saturated carbocycles. The van der Waals surface area contributed by atoms with Crippen molar-refractivity contribution in [1.29, 1.82) is 0 Å². The van der Waals surface area contributed by atoms with Gasteiger partial charge in [-0.1, -0.05) is 19.8 Å². The maximum atomic E-state index is 11.8. The van der Waals surface area contributed by atoms with E-state index in [1.807, 2.05) is 0 Å². The summed E-state index contributed by atoms with van der Waals surface area (Å²) in [5, 5.41) is 6.49. The largest absolute Gasteiger partial charge is 0.356 e. The molecule has 2 atom stereocenters. The smallest absolute Gasteiger partial charge is 0.220 e. The summed E-state index contributed by atoms with van der Waals surface area (Å²) in [6.07, 6.45) is 7.18. The summed E-state index contributed by atoms with van der Waals surface area (Å²) in [4.78, 5) is 11.8. The average Bonchev–Trinajstić information content (AvgIpc) is 3.14. The molecular weight excluding hydrogens is 248 g/mol. The molecule has 1 aliphatic carbocycles. The summed E-state index contributed by atoms with van der Waals surface area (Å²) >= 11 is 0. The molecule has 0 radical (unpaired) electrons. The summed E-state index contributed by atoms with van der Waals surface area (Å²) in [5.41, 5.74) is 0. The Morgan fingerprint density at radius 3 is 2.78 bits per heavy atom. The van der Waals surface area contributed by atoms with Gasteiger partial charge in [-0.05, 0) is 50.1 Å². The second-order valence-corrected chi connectivity index (χ2v) is 5.87. The van der Waals surface area contributed by atoms with Crippen LogP contribution in [-0.2, 0) is 4.79 Å². The Morgan fingerprint density at radius 2 is 2.17 bits per heavy atom. The average molecular weight is 275 g/mol. The van der Waals surface area contributed by atoms with Gasteiger partial charge in [0.2, 0.25) is 5.91 Å². The molecule has 0 aromatic rings. The van der Waals surface area contributed by atoms with Crippen molar-refractivity contribution in [3.05, 3.63) is 0 Å². The molecule has 106 valence electrons. The highest BCUT2D eigenvalue weighted by Gasteiger charge is 2.23. The summed E-state index contributed by atoms with van der Waals surface area (Å²) in [6.45, 7) is 5.35. The molecule has 2 aliphatic rings. The van der Waals surface area contributed by atoms with Crippen LogP contribution in [0.15, 0.2) is 0 Å². The third kappa shape index (κ3) is 5.57. The van der Waals surface area contributed by atoms with Gasteiger partial charge in [-0.25, -0.2) is 0 Å². The van der Waals surface area contributed by atoms with Crippen molar-refractivity contribution < 1.29 is 4.79 Å². The molecule has 0 bridgehead atoms. The number of halogens is 1. The predicted molar refractivity (Wildman–Crippen MR) is 77.0 cm³/mol. The molecule has 4 heteroatoms. The van der Waals surface area contributed by atoms with Crippen LogP contribution in [0.1, 0.15) is 45.4 Å². The highest BCUT2D eigenvalue weighted by molar-refractivity contribution is 5.85. The molecule has 3 nitrogen and oxygen atoms in total.